The van der Waals surface area contributed by atoms with Crippen LogP contribution in [0.25, 0.3) is 0 Å². The van der Waals surface area contributed by atoms with Gasteiger partial charge in [-0.25, -0.2) is 26.3 Å². The van der Waals surface area contributed by atoms with Crippen molar-refractivity contribution in [1.29, 1.82) is 0 Å². The molecular weight excluding hydrogens is 285 g/mol. The number of nitrogens with one attached hydrogen (secondary N) is 1. The van der Waals surface area contributed by atoms with Crippen molar-refractivity contribution < 1.29 is 26.7 Å². The van der Waals surface area contributed by atoms with Crippen molar-refractivity contribution in [2.24, 2.45) is 0 Å². The number of alkyl halides is 2. The van der Waals surface area contributed by atoms with Crippen molar-refractivity contribution in [3.63, 3.8) is 0 Å². The summed E-state index contributed by atoms with van der Waals surface area (Å²) in [6.45, 7) is -1.56. The van der Waals surface area contributed by atoms with Crippen LogP contribution in [0.5, 0.6) is 0 Å². The average molecular weight is 298 g/mol. The topological polar surface area (TPSA) is 92.4 Å². The number of halogens is 3. The molecule has 0 unspecified atom stereocenters. The highest BCUT2D eigenvalue weighted by molar-refractivity contribution is 7.89. The molecule has 19 heavy (non-hydrogen) atoms. The Hall–Kier alpha value is -1.32. The fraction of sp³-hybridized carbons (Fsp3) is 0.400. The maximum absolute atomic E-state index is 13.7. The van der Waals surface area contributed by atoms with Crippen LogP contribution in [0.15, 0.2) is 17.0 Å². The van der Waals surface area contributed by atoms with E-state index in [1.807, 2.05) is 0 Å². The molecule has 4 N–H and O–H groups in total. The van der Waals surface area contributed by atoms with E-state index in [4.69, 9.17) is 10.8 Å². The molecule has 0 atom stereocenters. The predicted octanol–water partition coefficient (Wildman–Crippen LogP) is 0.622. The van der Waals surface area contributed by atoms with Crippen LogP contribution in [0.1, 0.15) is 5.56 Å². The molecule has 1 aromatic rings. The first-order chi connectivity index (χ1) is 8.59. The van der Waals surface area contributed by atoms with Gasteiger partial charge in [-0.05, 0) is 24.6 Å². The highest BCUT2D eigenvalue weighted by atomic mass is 32.2. The smallest absolute Gasteiger partial charge is 0.283 e. The van der Waals surface area contributed by atoms with E-state index in [9.17, 15) is 21.6 Å². The monoisotopic (exact) mass is 298 g/mol. The van der Waals surface area contributed by atoms with Crippen LogP contribution in [0.3, 0.4) is 0 Å². The molecule has 0 saturated heterocycles. The lowest BCUT2D eigenvalue weighted by Crippen LogP contribution is -2.39. The first kappa shape index (κ1) is 15.7. The van der Waals surface area contributed by atoms with Gasteiger partial charge in [0.15, 0.2) is 0 Å². The van der Waals surface area contributed by atoms with Gasteiger partial charge >= 0.3 is 0 Å². The molecule has 0 fully saturated rings. The standard InChI is InChI=1S/C10H13F3N2O3S/c1-6-2-7(14)3-8(9(6)11)19(17,18)15-4-10(12,13)5-16/h2-3,15-16H,4-5,14H2,1H3. The molecule has 5 nitrogen and oxygen atoms in total. The first-order valence-electron chi connectivity index (χ1n) is 5.13. The van der Waals surface area contributed by atoms with E-state index in [1.54, 1.807) is 0 Å². The number of aliphatic hydroxyl groups is 1. The normalized spacial score (nSPS) is 12.7. The summed E-state index contributed by atoms with van der Waals surface area (Å²) >= 11 is 0. The number of rotatable bonds is 5. The summed E-state index contributed by atoms with van der Waals surface area (Å²) in [6.07, 6.45) is 0. The minimum Gasteiger partial charge on any atom is -0.399 e. The molecule has 108 valence electrons. The molecule has 0 heterocycles. The Kier molecular flexibility index (Phi) is 4.43. The molecule has 0 amide bonds. The molecular formula is C10H13F3N2O3S. The van der Waals surface area contributed by atoms with Gasteiger partial charge in [0.1, 0.15) is 17.3 Å². The minimum absolute atomic E-state index is 0.00630. The first-order valence-corrected chi connectivity index (χ1v) is 6.61. The third kappa shape index (κ3) is 3.82. The molecule has 0 spiro atoms. The van der Waals surface area contributed by atoms with Crippen molar-refractivity contribution in [2.45, 2.75) is 17.7 Å². The Morgan fingerprint density at radius 1 is 1.42 bits per heavy atom. The number of nitrogens with two attached hydrogens (primary N) is 1. The van der Waals surface area contributed by atoms with Gasteiger partial charge in [-0.15, -0.1) is 0 Å². The number of benzene rings is 1. The Labute approximate surface area is 108 Å². The van der Waals surface area contributed by atoms with E-state index in [0.717, 1.165) is 6.07 Å². The van der Waals surface area contributed by atoms with E-state index >= 15 is 0 Å². The van der Waals surface area contributed by atoms with Crippen LogP contribution < -0.4 is 10.5 Å². The fourth-order valence-corrected chi connectivity index (χ4v) is 2.54. The highest BCUT2D eigenvalue weighted by Gasteiger charge is 2.31. The second-order valence-corrected chi connectivity index (χ2v) is 5.72. The largest absolute Gasteiger partial charge is 0.399 e. The third-order valence-corrected chi connectivity index (χ3v) is 3.69. The number of nitrogen functional groups attached to an aromatic ring is 1. The zero-order chi connectivity index (χ0) is 14.8. The summed E-state index contributed by atoms with van der Waals surface area (Å²) in [4.78, 5) is -0.807. The van der Waals surface area contributed by atoms with Gasteiger partial charge in [0, 0.05) is 5.69 Å². The average Bonchev–Trinajstić information content (AvgIpc) is 2.31. The van der Waals surface area contributed by atoms with Gasteiger partial charge in [-0.1, -0.05) is 0 Å². The van der Waals surface area contributed by atoms with E-state index in [1.165, 1.54) is 17.7 Å². The summed E-state index contributed by atoms with van der Waals surface area (Å²) in [6, 6.07) is 2.05. The summed E-state index contributed by atoms with van der Waals surface area (Å²) in [5.74, 6) is -4.69. The van der Waals surface area contributed by atoms with Gasteiger partial charge in [0.05, 0.1) is 6.54 Å². The molecule has 0 radical (unpaired) electrons. The SMILES string of the molecule is Cc1cc(N)cc(S(=O)(=O)NCC(F)(F)CO)c1F. The van der Waals surface area contributed by atoms with Crippen LogP contribution in [0.2, 0.25) is 0 Å². The lowest BCUT2D eigenvalue weighted by atomic mass is 10.2. The molecule has 0 bridgehead atoms. The number of hydrogen-bond acceptors (Lipinski definition) is 4. The Bertz CT molecular complexity index is 576. The number of hydrogen-bond donors (Lipinski definition) is 3. The lowest BCUT2D eigenvalue weighted by molar-refractivity contribution is -0.0437. The van der Waals surface area contributed by atoms with Gasteiger partial charge in [0.25, 0.3) is 5.92 Å². The van der Waals surface area contributed by atoms with Crippen molar-refractivity contribution in [1.82, 2.24) is 4.72 Å². The van der Waals surface area contributed by atoms with Crippen molar-refractivity contribution >= 4 is 15.7 Å². The number of aliphatic hydroxyl groups excluding tert-OH is 1. The second kappa shape index (κ2) is 5.35. The van der Waals surface area contributed by atoms with E-state index in [0.29, 0.717) is 0 Å². The summed E-state index contributed by atoms with van der Waals surface area (Å²) in [7, 11) is -4.48. The molecule has 1 rings (SSSR count). The maximum Gasteiger partial charge on any atom is 0.283 e. The number of sulfonamides is 1. The zero-order valence-electron chi connectivity index (χ0n) is 9.95. The molecule has 9 heteroatoms. The third-order valence-electron chi connectivity index (χ3n) is 2.29. The summed E-state index contributed by atoms with van der Waals surface area (Å²) < 4.78 is 64.1. The van der Waals surface area contributed by atoms with Crippen LogP contribution in [0.4, 0.5) is 18.9 Å². The van der Waals surface area contributed by atoms with Crippen LogP contribution >= 0.6 is 0 Å². The second-order valence-electron chi connectivity index (χ2n) is 3.99. The molecule has 0 aliphatic heterocycles. The number of anilines is 1. The Morgan fingerprint density at radius 2 is 2.00 bits per heavy atom. The summed E-state index contributed by atoms with van der Waals surface area (Å²) in [5, 5.41) is 8.33. The van der Waals surface area contributed by atoms with Crippen LogP contribution in [0, 0.1) is 12.7 Å². The quantitative estimate of drug-likeness (QED) is 0.695. The predicted molar refractivity (Wildman–Crippen MR) is 62.8 cm³/mol. The number of aryl methyl sites for hydroxylation is 1. The molecule has 0 aliphatic rings. The van der Waals surface area contributed by atoms with Crippen LogP contribution in [-0.2, 0) is 10.0 Å². The minimum atomic E-state index is -4.48. The molecule has 0 aliphatic carbocycles. The van der Waals surface area contributed by atoms with Crippen molar-refractivity contribution in [2.75, 3.05) is 18.9 Å². The molecule has 0 aromatic heterocycles. The Balaban J connectivity index is 3.08. The van der Waals surface area contributed by atoms with Crippen molar-refractivity contribution in [3.8, 4) is 0 Å². The van der Waals surface area contributed by atoms with Gasteiger partial charge in [-0.2, -0.15) is 0 Å². The molecule has 1 aromatic carbocycles. The Morgan fingerprint density at radius 3 is 2.53 bits per heavy atom. The van der Waals surface area contributed by atoms with E-state index in [-0.39, 0.29) is 11.3 Å². The zero-order valence-corrected chi connectivity index (χ0v) is 10.8. The van der Waals surface area contributed by atoms with Crippen molar-refractivity contribution in [3.05, 3.63) is 23.5 Å². The fourth-order valence-electron chi connectivity index (χ4n) is 1.29. The van der Waals surface area contributed by atoms with Gasteiger partial charge in [0.2, 0.25) is 10.0 Å². The summed E-state index contributed by atoms with van der Waals surface area (Å²) in [5.41, 5.74) is 5.36. The van der Waals surface area contributed by atoms with E-state index < -0.39 is 39.8 Å². The van der Waals surface area contributed by atoms with Gasteiger partial charge < -0.3 is 10.8 Å². The van der Waals surface area contributed by atoms with E-state index in [2.05, 4.69) is 0 Å². The van der Waals surface area contributed by atoms with Gasteiger partial charge in [-0.3, -0.25) is 0 Å². The highest BCUT2D eigenvalue weighted by Crippen LogP contribution is 2.22. The maximum atomic E-state index is 13.7. The molecule has 0 saturated carbocycles. The van der Waals surface area contributed by atoms with Crippen LogP contribution in [-0.4, -0.2) is 32.6 Å². The lowest BCUT2D eigenvalue weighted by Gasteiger charge is -2.15.